The number of rotatable bonds is 4. The summed E-state index contributed by atoms with van der Waals surface area (Å²) >= 11 is 0. The average molecular weight is 328 g/mol. The van der Waals surface area contributed by atoms with Crippen molar-refractivity contribution in [3.05, 3.63) is 51.7 Å². The Hall–Kier alpha value is -2.86. The van der Waals surface area contributed by atoms with E-state index in [-0.39, 0.29) is 46.5 Å². The first-order chi connectivity index (χ1) is 11.6. The molecule has 124 valence electrons. The molecule has 0 aliphatic rings. The fourth-order valence-electron chi connectivity index (χ4n) is 2.71. The summed E-state index contributed by atoms with van der Waals surface area (Å²) < 4.78 is 10.7. The van der Waals surface area contributed by atoms with E-state index in [1.54, 1.807) is 25.1 Å². The summed E-state index contributed by atoms with van der Waals surface area (Å²) in [6.07, 6.45) is 0.327. The predicted molar refractivity (Wildman–Crippen MR) is 88.4 cm³/mol. The van der Waals surface area contributed by atoms with Gasteiger partial charge in [-0.1, -0.05) is 6.07 Å². The highest BCUT2D eigenvalue weighted by Gasteiger charge is 2.19. The Kier molecular flexibility index (Phi) is 4.22. The van der Waals surface area contributed by atoms with Gasteiger partial charge in [-0.2, -0.15) is 0 Å². The second-order valence-electron chi connectivity index (χ2n) is 5.29. The van der Waals surface area contributed by atoms with Gasteiger partial charge in [0.1, 0.15) is 22.3 Å². The third kappa shape index (κ3) is 2.61. The molecule has 2 aromatic carbocycles. The van der Waals surface area contributed by atoms with Gasteiger partial charge >= 0.3 is 5.97 Å². The summed E-state index contributed by atoms with van der Waals surface area (Å²) in [6.45, 7) is 1.77. The average Bonchev–Trinajstić information content (AvgIpc) is 2.54. The molecule has 1 heterocycles. The van der Waals surface area contributed by atoms with Crippen molar-refractivity contribution >= 4 is 27.9 Å². The number of fused-ring (bicyclic) bond motifs is 2. The molecule has 6 nitrogen and oxygen atoms in total. The number of aliphatic hydroxyl groups excluding tert-OH is 1. The van der Waals surface area contributed by atoms with Crippen molar-refractivity contribution in [3.8, 4) is 5.75 Å². The van der Waals surface area contributed by atoms with Gasteiger partial charge in [0.15, 0.2) is 0 Å². The Labute approximate surface area is 136 Å². The van der Waals surface area contributed by atoms with Gasteiger partial charge in [0.25, 0.3) is 0 Å². The molecule has 0 saturated heterocycles. The van der Waals surface area contributed by atoms with Gasteiger partial charge in [-0.25, -0.2) is 4.79 Å². The van der Waals surface area contributed by atoms with Crippen LogP contribution < -0.4 is 5.43 Å². The molecule has 0 amide bonds. The minimum Gasteiger partial charge on any atom is -0.507 e. The SMILES string of the molecule is CCOC(=O)c1cccc2oc3cc(CCO)cc(O)c3c(=O)c12. The van der Waals surface area contributed by atoms with Gasteiger partial charge < -0.3 is 19.4 Å². The predicted octanol–water partition coefficient (Wildman–Crippen LogP) is 2.36. The summed E-state index contributed by atoms with van der Waals surface area (Å²) in [5.41, 5.74) is 0.689. The quantitative estimate of drug-likeness (QED) is 0.564. The van der Waals surface area contributed by atoms with E-state index >= 15 is 0 Å². The van der Waals surface area contributed by atoms with E-state index in [4.69, 9.17) is 14.3 Å². The van der Waals surface area contributed by atoms with Crippen LogP contribution in [0.25, 0.3) is 21.9 Å². The first kappa shape index (κ1) is 16.0. The van der Waals surface area contributed by atoms with Crippen LogP contribution in [0.1, 0.15) is 22.8 Å². The zero-order valence-corrected chi connectivity index (χ0v) is 13.0. The maximum absolute atomic E-state index is 12.8. The molecule has 0 unspecified atom stereocenters. The number of benzene rings is 2. The molecule has 0 radical (unpaired) electrons. The van der Waals surface area contributed by atoms with Crippen molar-refractivity contribution in [2.75, 3.05) is 13.2 Å². The zero-order chi connectivity index (χ0) is 17.3. The van der Waals surface area contributed by atoms with Gasteiger partial charge in [-0.15, -0.1) is 0 Å². The molecule has 0 bridgehead atoms. The smallest absolute Gasteiger partial charge is 0.339 e. The van der Waals surface area contributed by atoms with E-state index < -0.39 is 11.4 Å². The van der Waals surface area contributed by atoms with Crippen LogP contribution in [0.5, 0.6) is 5.75 Å². The summed E-state index contributed by atoms with van der Waals surface area (Å²) in [7, 11) is 0. The van der Waals surface area contributed by atoms with Crippen LogP contribution >= 0.6 is 0 Å². The zero-order valence-electron chi connectivity index (χ0n) is 13.0. The lowest BCUT2D eigenvalue weighted by Crippen LogP contribution is -2.11. The fourth-order valence-corrected chi connectivity index (χ4v) is 2.71. The normalized spacial score (nSPS) is 11.1. The highest BCUT2D eigenvalue weighted by molar-refractivity contribution is 6.06. The Morgan fingerprint density at radius 2 is 2.00 bits per heavy atom. The second-order valence-corrected chi connectivity index (χ2v) is 5.29. The van der Waals surface area contributed by atoms with Crippen LogP contribution in [-0.4, -0.2) is 29.4 Å². The third-order valence-electron chi connectivity index (χ3n) is 3.74. The topological polar surface area (TPSA) is 97.0 Å². The van der Waals surface area contributed by atoms with Crippen LogP contribution in [0, 0.1) is 0 Å². The summed E-state index contributed by atoms with van der Waals surface area (Å²) in [6, 6.07) is 7.67. The van der Waals surface area contributed by atoms with E-state index in [9.17, 15) is 14.7 Å². The summed E-state index contributed by atoms with van der Waals surface area (Å²) in [5, 5.41) is 19.3. The van der Waals surface area contributed by atoms with Crippen LogP contribution in [0.3, 0.4) is 0 Å². The molecule has 0 spiro atoms. The Balaban J connectivity index is 2.36. The van der Waals surface area contributed by atoms with Crippen molar-refractivity contribution in [2.24, 2.45) is 0 Å². The number of hydrogen-bond donors (Lipinski definition) is 2. The molecule has 6 heteroatoms. The number of phenols is 1. The van der Waals surface area contributed by atoms with Crippen molar-refractivity contribution in [2.45, 2.75) is 13.3 Å². The second kappa shape index (κ2) is 6.33. The Morgan fingerprint density at radius 3 is 2.71 bits per heavy atom. The molecule has 3 aromatic rings. The number of ether oxygens (including phenoxy) is 1. The van der Waals surface area contributed by atoms with E-state index in [2.05, 4.69) is 0 Å². The van der Waals surface area contributed by atoms with Crippen LogP contribution in [0.4, 0.5) is 0 Å². The molecule has 0 fully saturated rings. The van der Waals surface area contributed by atoms with Crippen molar-refractivity contribution in [3.63, 3.8) is 0 Å². The maximum Gasteiger partial charge on any atom is 0.339 e. The number of phenolic OH excluding ortho intramolecular Hbond substituents is 1. The van der Waals surface area contributed by atoms with Gasteiger partial charge in [-0.3, -0.25) is 4.79 Å². The third-order valence-corrected chi connectivity index (χ3v) is 3.74. The van der Waals surface area contributed by atoms with E-state index in [1.807, 2.05) is 0 Å². The molecular formula is C18H16O6. The highest BCUT2D eigenvalue weighted by Crippen LogP contribution is 2.28. The van der Waals surface area contributed by atoms with Crippen LogP contribution in [-0.2, 0) is 11.2 Å². The summed E-state index contributed by atoms with van der Waals surface area (Å²) in [5.74, 6) is -0.864. The maximum atomic E-state index is 12.8. The largest absolute Gasteiger partial charge is 0.507 e. The highest BCUT2D eigenvalue weighted by atomic mass is 16.5. The lowest BCUT2D eigenvalue weighted by molar-refractivity contribution is 0.0528. The molecule has 0 atom stereocenters. The van der Waals surface area contributed by atoms with Crippen LogP contribution in [0.2, 0.25) is 0 Å². The fraction of sp³-hybridized carbons (Fsp3) is 0.222. The number of aliphatic hydroxyl groups is 1. The van der Waals surface area contributed by atoms with E-state index in [0.717, 1.165) is 0 Å². The molecule has 0 aliphatic heterocycles. The van der Waals surface area contributed by atoms with Gasteiger partial charge in [0.05, 0.1) is 17.6 Å². The minimum absolute atomic E-state index is 0.000869. The molecule has 0 aliphatic carbocycles. The Morgan fingerprint density at radius 1 is 1.21 bits per heavy atom. The standard InChI is InChI=1S/C18H16O6/c1-2-23-18(22)11-4-3-5-13-15(11)17(21)16-12(20)8-10(6-7-19)9-14(16)24-13/h3-5,8-9,19-20H,2,6-7H2,1H3. The molecule has 24 heavy (non-hydrogen) atoms. The van der Waals surface area contributed by atoms with Gasteiger partial charge in [0, 0.05) is 6.61 Å². The monoisotopic (exact) mass is 328 g/mol. The summed E-state index contributed by atoms with van der Waals surface area (Å²) in [4.78, 5) is 24.9. The molecular weight excluding hydrogens is 312 g/mol. The number of hydrogen-bond acceptors (Lipinski definition) is 6. The number of carbonyl (C=O) groups excluding carboxylic acids is 1. The van der Waals surface area contributed by atoms with Crippen molar-refractivity contribution < 1.29 is 24.2 Å². The Bertz CT molecular complexity index is 986. The van der Waals surface area contributed by atoms with Crippen molar-refractivity contribution in [1.29, 1.82) is 0 Å². The van der Waals surface area contributed by atoms with E-state index in [1.165, 1.54) is 12.1 Å². The van der Waals surface area contributed by atoms with Crippen molar-refractivity contribution in [1.82, 2.24) is 0 Å². The molecule has 3 rings (SSSR count). The number of aromatic hydroxyl groups is 1. The molecule has 1 aromatic heterocycles. The number of esters is 1. The molecule has 0 saturated carbocycles. The number of carbonyl (C=O) groups is 1. The first-order valence-electron chi connectivity index (χ1n) is 7.56. The van der Waals surface area contributed by atoms with Gasteiger partial charge in [-0.05, 0) is 43.2 Å². The van der Waals surface area contributed by atoms with E-state index in [0.29, 0.717) is 12.0 Å². The molecule has 2 N–H and O–H groups in total. The van der Waals surface area contributed by atoms with Crippen LogP contribution in [0.15, 0.2) is 39.5 Å². The first-order valence-corrected chi connectivity index (χ1v) is 7.56. The minimum atomic E-state index is -0.619. The lowest BCUT2D eigenvalue weighted by atomic mass is 10.0. The lowest BCUT2D eigenvalue weighted by Gasteiger charge is -2.08. The van der Waals surface area contributed by atoms with Gasteiger partial charge in [0.2, 0.25) is 5.43 Å².